The van der Waals surface area contributed by atoms with Crippen LogP contribution in [-0.2, 0) is 17.9 Å². The molecule has 0 spiro atoms. The van der Waals surface area contributed by atoms with Gasteiger partial charge in [0.25, 0.3) is 0 Å². The van der Waals surface area contributed by atoms with Crippen molar-refractivity contribution in [2.45, 2.75) is 32.4 Å². The number of hydrogen-bond donors (Lipinski definition) is 0. The zero-order valence-corrected chi connectivity index (χ0v) is 15.9. The van der Waals surface area contributed by atoms with Gasteiger partial charge in [-0.15, -0.1) is 0 Å². The van der Waals surface area contributed by atoms with Crippen LogP contribution in [0.2, 0.25) is 5.02 Å². The Labute approximate surface area is 163 Å². The van der Waals surface area contributed by atoms with Crippen LogP contribution in [0.3, 0.4) is 0 Å². The second kappa shape index (κ2) is 8.01. The van der Waals surface area contributed by atoms with Gasteiger partial charge in [-0.05, 0) is 43.5 Å². The Morgan fingerprint density at radius 3 is 2.59 bits per heavy atom. The van der Waals surface area contributed by atoms with Crippen molar-refractivity contribution < 1.29 is 9.53 Å². The van der Waals surface area contributed by atoms with E-state index in [1.807, 2.05) is 51.9 Å². The molecule has 0 bridgehead atoms. The van der Waals surface area contributed by atoms with Crippen molar-refractivity contribution in [2.75, 3.05) is 13.1 Å². The van der Waals surface area contributed by atoms with Crippen LogP contribution in [0.1, 0.15) is 25.1 Å². The first-order valence-electron chi connectivity index (χ1n) is 9.31. The summed E-state index contributed by atoms with van der Waals surface area (Å²) in [4.78, 5) is 19.4. The van der Waals surface area contributed by atoms with Gasteiger partial charge in [0.1, 0.15) is 24.7 Å². The van der Waals surface area contributed by atoms with Crippen molar-refractivity contribution >= 4 is 28.5 Å². The zero-order chi connectivity index (χ0) is 18.6. The van der Waals surface area contributed by atoms with Crippen molar-refractivity contribution in [3.8, 4) is 5.75 Å². The van der Waals surface area contributed by atoms with Crippen LogP contribution in [0.4, 0.5) is 0 Å². The van der Waals surface area contributed by atoms with Crippen LogP contribution in [0.5, 0.6) is 5.75 Å². The molecule has 4 rings (SSSR count). The molecule has 1 saturated heterocycles. The molecule has 1 fully saturated rings. The number of imidazole rings is 1. The molecule has 27 heavy (non-hydrogen) atoms. The first kappa shape index (κ1) is 17.9. The number of para-hydroxylation sites is 3. The average molecular weight is 384 g/mol. The van der Waals surface area contributed by atoms with Crippen LogP contribution < -0.4 is 4.74 Å². The van der Waals surface area contributed by atoms with Crippen LogP contribution in [0.25, 0.3) is 11.0 Å². The van der Waals surface area contributed by atoms with Crippen LogP contribution in [0.15, 0.2) is 48.5 Å². The fourth-order valence-corrected chi connectivity index (χ4v) is 3.68. The van der Waals surface area contributed by atoms with E-state index in [0.29, 0.717) is 10.8 Å². The molecule has 0 saturated carbocycles. The van der Waals surface area contributed by atoms with E-state index in [2.05, 4.69) is 4.98 Å². The standard InChI is InChI=1S/C21H22ClN3O2/c22-16-8-2-5-11-19(16)27-15-20-23-17-9-3-4-10-18(17)25(20)14-21(26)24-12-6-1-7-13-24/h2-5,8-11H,1,6-7,12-15H2. The van der Waals surface area contributed by atoms with Gasteiger partial charge < -0.3 is 14.2 Å². The van der Waals surface area contributed by atoms with Gasteiger partial charge in [-0.1, -0.05) is 35.9 Å². The average Bonchev–Trinajstić information content (AvgIpc) is 3.05. The topological polar surface area (TPSA) is 47.4 Å². The molecule has 140 valence electrons. The van der Waals surface area contributed by atoms with Gasteiger partial charge >= 0.3 is 0 Å². The minimum absolute atomic E-state index is 0.136. The third-order valence-electron chi connectivity index (χ3n) is 4.93. The summed E-state index contributed by atoms with van der Waals surface area (Å²) in [7, 11) is 0. The molecule has 0 N–H and O–H groups in total. The lowest BCUT2D eigenvalue weighted by molar-refractivity contribution is -0.132. The van der Waals surface area contributed by atoms with E-state index in [0.717, 1.165) is 42.8 Å². The van der Waals surface area contributed by atoms with Gasteiger partial charge in [0, 0.05) is 13.1 Å². The van der Waals surface area contributed by atoms with Crippen molar-refractivity contribution in [2.24, 2.45) is 0 Å². The molecule has 1 aliphatic heterocycles. The molecular weight excluding hydrogens is 362 g/mol. The molecule has 2 aromatic carbocycles. The van der Waals surface area contributed by atoms with Gasteiger partial charge in [-0.25, -0.2) is 4.98 Å². The molecular formula is C21H22ClN3O2. The summed E-state index contributed by atoms with van der Waals surface area (Å²) in [5, 5.41) is 0.560. The summed E-state index contributed by atoms with van der Waals surface area (Å²) in [5.41, 5.74) is 1.81. The number of nitrogens with zero attached hydrogens (tertiary/aromatic N) is 3. The number of likely N-dealkylation sites (tertiary alicyclic amines) is 1. The molecule has 0 aliphatic carbocycles. The lowest BCUT2D eigenvalue weighted by atomic mass is 10.1. The maximum atomic E-state index is 12.8. The first-order valence-corrected chi connectivity index (χ1v) is 9.69. The SMILES string of the molecule is O=C(Cn1c(COc2ccccc2Cl)nc2ccccc21)N1CCCCC1. The van der Waals surface area contributed by atoms with E-state index in [9.17, 15) is 4.79 Å². The predicted molar refractivity (Wildman–Crippen MR) is 106 cm³/mol. The normalized spacial score (nSPS) is 14.5. The molecule has 0 unspecified atom stereocenters. The number of amides is 1. The maximum Gasteiger partial charge on any atom is 0.242 e. The molecule has 1 aromatic heterocycles. The number of hydrogen-bond acceptors (Lipinski definition) is 3. The van der Waals surface area contributed by atoms with E-state index in [-0.39, 0.29) is 19.1 Å². The largest absolute Gasteiger partial charge is 0.484 e. The molecule has 5 nitrogen and oxygen atoms in total. The van der Waals surface area contributed by atoms with Gasteiger partial charge in [0.05, 0.1) is 16.1 Å². The smallest absolute Gasteiger partial charge is 0.242 e. The zero-order valence-electron chi connectivity index (χ0n) is 15.1. The quantitative estimate of drug-likeness (QED) is 0.660. The number of piperidine rings is 1. The first-order chi connectivity index (χ1) is 13.2. The Hall–Kier alpha value is -2.53. The van der Waals surface area contributed by atoms with E-state index in [1.165, 1.54) is 6.42 Å². The fourth-order valence-electron chi connectivity index (χ4n) is 3.49. The number of aromatic nitrogens is 2. The minimum Gasteiger partial charge on any atom is -0.484 e. The molecule has 2 heterocycles. The molecule has 1 amide bonds. The van der Waals surface area contributed by atoms with Crippen molar-refractivity contribution in [3.63, 3.8) is 0 Å². The third-order valence-corrected chi connectivity index (χ3v) is 5.24. The molecule has 0 radical (unpaired) electrons. The Kier molecular flexibility index (Phi) is 5.30. The monoisotopic (exact) mass is 383 g/mol. The number of carbonyl (C=O) groups excluding carboxylic acids is 1. The minimum atomic E-state index is 0.136. The number of rotatable bonds is 5. The highest BCUT2D eigenvalue weighted by atomic mass is 35.5. The molecule has 1 aliphatic rings. The summed E-state index contributed by atoms with van der Waals surface area (Å²) < 4.78 is 7.84. The highest BCUT2D eigenvalue weighted by Gasteiger charge is 2.20. The highest BCUT2D eigenvalue weighted by molar-refractivity contribution is 6.32. The number of fused-ring (bicyclic) bond motifs is 1. The summed E-state index contributed by atoms with van der Waals surface area (Å²) in [5.74, 6) is 1.47. The Bertz CT molecular complexity index is 948. The Balaban J connectivity index is 1.59. The van der Waals surface area contributed by atoms with Crippen molar-refractivity contribution in [3.05, 3.63) is 59.4 Å². The summed E-state index contributed by atoms with van der Waals surface area (Å²) in [6.07, 6.45) is 3.37. The molecule has 6 heteroatoms. The van der Waals surface area contributed by atoms with E-state index in [4.69, 9.17) is 16.3 Å². The molecule has 0 atom stereocenters. The lowest BCUT2D eigenvalue weighted by Crippen LogP contribution is -2.38. The van der Waals surface area contributed by atoms with Crippen LogP contribution in [0, 0.1) is 0 Å². The van der Waals surface area contributed by atoms with E-state index in [1.54, 1.807) is 6.07 Å². The van der Waals surface area contributed by atoms with E-state index < -0.39 is 0 Å². The summed E-state index contributed by atoms with van der Waals surface area (Å²) in [6.45, 7) is 2.22. The number of carbonyl (C=O) groups is 1. The van der Waals surface area contributed by atoms with Gasteiger partial charge in [-0.3, -0.25) is 4.79 Å². The fraction of sp³-hybridized carbons (Fsp3) is 0.333. The van der Waals surface area contributed by atoms with Gasteiger partial charge in [-0.2, -0.15) is 0 Å². The molecule has 3 aromatic rings. The second-order valence-electron chi connectivity index (χ2n) is 6.76. The Morgan fingerprint density at radius 2 is 1.78 bits per heavy atom. The summed E-state index contributed by atoms with van der Waals surface area (Å²) >= 11 is 6.18. The van der Waals surface area contributed by atoms with Crippen LogP contribution in [-0.4, -0.2) is 33.4 Å². The summed E-state index contributed by atoms with van der Waals surface area (Å²) in [6, 6.07) is 15.2. The lowest BCUT2D eigenvalue weighted by Gasteiger charge is -2.27. The second-order valence-corrected chi connectivity index (χ2v) is 7.17. The van der Waals surface area contributed by atoms with Crippen LogP contribution >= 0.6 is 11.6 Å². The highest BCUT2D eigenvalue weighted by Crippen LogP contribution is 2.25. The maximum absolute atomic E-state index is 12.8. The third kappa shape index (κ3) is 3.93. The predicted octanol–water partition coefficient (Wildman–Crippen LogP) is 4.28. The number of benzene rings is 2. The van der Waals surface area contributed by atoms with Crippen molar-refractivity contribution in [1.82, 2.24) is 14.5 Å². The number of ether oxygens (including phenoxy) is 1. The van der Waals surface area contributed by atoms with Gasteiger partial charge in [0.2, 0.25) is 5.91 Å². The van der Waals surface area contributed by atoms with Crippen molar-refractivity contribution in [1.29, 1.82) is 0 Å². The Morgan fingerprint density at radius 1 is 1.04 bits per heavy atom. The van der Waals surface area contributed by atoms with Gasteiger partial charge in [0.15, 0.2) is 0 Å². The number of halogens is 1. The van der Waals surface area contributed by atoms with E-state index >= 15 is 0 Å².